The second-order valence-corrected chi connectivity index (χ2v) is 4.42. The molecule has 2 aromatic rings. The maximum Gasteiger partial charge on any atom is 0.338 e. The van der Waals surface area contributed by atoms with Crippen LogP contribution >= 0.6 is 11.3 Å². The molecule has 0 spiro atoms. The summed E-state index contributed by atoms with van der Waals surface area (Å²) in [5, 5.41) is 3.67. The maximum absolute atomic E-state index is 12.0. The predicted molar refractivity (Wildman–Crippen MR) is 70.2 cm³/mol. The summed E-state index contributed by atoms with van der Waals surface area (Å²) in [6.07, 6.45) is 0. The summed E-state index contributed by atoms with van der Waals surface area (Å²) in [7, 11) is 0. The van der Waals surface area contributed by atoms with E-state index in [4.69, 9.17) is 4.74 Å². The summed E-state index contributed by atoms with van der Waals surface area (Å²) in [4.78, 5) is 23.5. The Kier molecular flexibility index (Phi) is 3.89. The highest BCUT2D eigenvalue weighted by Crippen LogP contribution is 2.14. The molecule has 2 rings (SSSR count). The SMILES string of the molecule is CCOC(=O)c1ccc(C(=O)c2ccsc2)cc1. The topological polar surface area (TPSA) is 43.4 Å². The minimum atomic E-state index is -0.368. The molecule has 0 aliphatic rings. The molecular formula is C14H12O3S. The molecule has 0 atom stereocenters. The van der Waals surface area contributed by atoms with E-state index in [2.05, 4.69) is 0 Å². The monoisotopic (exact) mass is 260 g/mol. The second-order valence-electron chi connectivity index (χ2n) is 3.64. The van der Waals surface area contributed by atoms with Crippen LogP contribution in [-0.2, 0) is 4.74 Å². The van der Waals surface area contributed by atoms with Crippen molar-refractivity contribution in [2.75, 3.05) is 6.61 Å². The summed E-state index contributed by atoms with van der Waals surface area (Å²) in [6, 6.07) is 8.29. The van der Waals surface area contributed by atoms with E-state index in [0.29, 0.717) is 23.3 Å². The van der Waals surface area contributed by atoms with Gasteiger partial charge in [-0.25, -0.2) is 4.79 Å². The molecule has 4 heteroatoms. The zero-order valence-electron chi connectivity index (χ0n) is 9.88. The van der Waals surface area contributed by atoms with Crippen molar-refractivity contribution >= 4 is 23.1 Å². The normalized spacial score (nSPS) is 10.1. The Hall–Kier alpha value is -1.94. The fourth-order valence-electron chi connectivity index (χ4n) is 1.53. The third-order valence-corrected chi connectivity index (χ3v) is 3.12. The number of thiophene rings is 1. The van der Waals surface area contributed by atoms with Crippen LogP contribution in [0.15, 0.2) is 41.1 Å². The zero-order valence-corrected chi connectivity index (χ0v) is 10.7. The number of rotatable bonds is 4. The predicted octanol–water partition coefficient (Wildman–Crippen LogP) is 3.16. The van der Waals surface area contributed by atoms with Gasteiger partial charge in [-0.3, -0.25) is 4.79 Å². The van der Waals surface area contributed by atoms with Crippen LogP contribution in [0, 0.1) is 0 Å². The average molecular weight is 260 g/mol. The molecule has 1 heterocycles. The first-order chi connectivity index (χ1) is 8.72. The van der Waals surface area contributed by atoms with Crippen LogP contribution in [0.25, 0.3) is 0 Å². The minimum Gasteiger partial charge on any atom is -0.462 e. The van der Waals surface area contributed by atoms with E-state index in [1.54, 1.807) is 37.3 Å². The molecule has 0 bridgehead atoms. The summed E-state index contributed by atoms with van der Waals surface area (Å²) in [5.41, 5.74) is 1.70. The number of hydrogen-bond acceptors (Lipinski definition) is 4. The lowest BCUT2D eigenvalue weighted by atomic mass is 10.0. The third kappa shape index (κ3) is 2.65. The molecule has 0 amide bonds. The van der Waals surface area contributed by atoms with E-state index in [9.17, 15) is 9.59 Å². The molecule has 0 saturated carbocycles. The van der Waals surface area contributed by atoms with E-state index in [-0.39, 0.29) is 11.8 Å². The molecule has 18 heavy (non-hydrogen) atoms. The first kappa shape index (κ1) is 12.5. The van der Waals surface area contributed by atoms with Crippen LogP contribution in [0.2, 0.25) is 0 Å². The van der Waals surface area contributed by atoms with Gasteiger partial charge in [-0.05, 0) is 30.5 Å². The van der Waals surface area contributed by atoms with Crippen molar-refractivity contribution in [2.45, 2.75) is 6.92 Å². The van der Waals surface area contributed by atoms with Crippen molar-refractivity contribution in [3.05, 3.63) is 57.8 Å². The standard InChI is InChI=1S/C14H12O3S/c1-2-17-14(16)11-5-3-10(4-6-11)13(15)12-7-8-18-9-12/h3-9H,2H2,1H3. The average Bonchev–Trinajstić information content (AvgIpc) is 2.92. The van der Waals surface area contributed by atoms with E-state index in [1.165, 1.54) is 11.3 Å². The fraction of sp³-hybridized carbons (Fsp3) is 0.143. The van der Waals surface area contributed by atoms with Crippen molar-refractivity contribution in [3.63, 3.8) is 0 Å². The number of hydrogen-bond donors (Lipinski definition) is 0. The van der Waals surface area contributed by atoms with Crippen LogP contribution < -0.4 is 0 Å². The van der Waals surface area contributed by atoms with Gasteiger partial charge in [0.15, 0.2) is 5.78 Å². The highest BCUT2D eigenvalue weighted by molar-refractivity contribution is 7.08. The summed E-state index contributed by atoms with van der Waals surface area (Å²) >= 11 is 1.48. The fourth-order valence-corrected chi connectivity index (χ4v) is 2.17. The molecule has 1 aromatic carbocycles. The second kappa shape index (κ2) is 5.60. The Morgan fingerprint density at radius 3 is 2.28 bits per heavy atom. The van der Waals surface area contributed by atoms with Gasteiger partial charge in [0.1, 0.15) is 0 Å². The Balaban J connectivity index is 2.18. The van der Waals surface area contributed by atoms with Crippen molar-refractivity contribution in [1.82, 2.24) is 0 Å². The lowest BCUT2D eigenvalue weighted by molar-refractivity contribution is 0.0526. The number of benzene rings is 1. The summed E-state index contributed by atoms with van der Waals surface area (Å²) < 4.78 is 4.88. The third-order valence-electron chi connectivity index (χ3n) is 2.44. The van der Waals surface area contributed by atoms with Gasteiger partial charge in [-0.2, -0.15) is 11.3 Å². The molecule has 0 aliphatic carbocycles. The lowest BCUT2D eigenvalue weighted by Crippen LogP contribution is -2.05. The highest BCUT2D eigenvalue weighted by Gasteiger charge is 2.11. The molecule has 0 saturated heterocycles. The number of carbonyl (C=O) groups is 2. The van der Waals surface area contributed by atoms with Gasteiger partial charge in [-0.1, -0.05) is 12.1 Å². The Morgan fingerprint density at radius 2 is 1.72 bits per heavy atom. The molecule has 0 unspecified atom stereocenters. The highest BCUT2D eigenvalue weighted by atomic mass is 32.1. The lowest BCUT2D eigenvalue weighted by Gasteiger charge is -2.03. The van der Waals surface area contributed by atoms with Crippen molar-refractivity contribution in [2.24, 2.45) is 0 Å². The Bertz CT molecular complexity index is 541. The van der Waals surface area contributed by atoms with Crippen molar-refractivity contribution in [3.8, 4) is 0 Å². The number of carbonyl (C=O) groups excluding carboxylic acids is 2. The first-order valence-electron chi connectivity index (χ1n) is 5.56. The quantitative estimate of drug-likeness (QED) is 0.626. The number of ether oxygens (including phenoxy) is 1. The first-order valence-corrected chi connectivity index (χ1v) is 6.50. The smallest absolute Gasteiger partial charge is 0.338 e. The maximum atomic E-state index is 12.0. The van der Waals surface area contributed by atoms with E-state index in [0.717, 1.165) is 0 Å². The van der Waals surface area contributed by atoms with Gasteiger partial charge < -0.3 is 4.74 Å². The van der Waals surface area contributed by atoms with Gasteiger partial charge in [0.25, 0.3) is 0 Å². The van der Waals surface area contributed by atoms with E-state index >= 15 is 0 Å². The molecule has 0 N–H and O–H groups in total. The number of esters is 1. The van der Waals surface area contributed by atoms with Gasteiger partial charge in [0.2, 0.25) is 0 Å². The molecule has 92 valence electrons. The Morgan fingerprint density at radius 1 is 1.06 bits per heavy atom. The van der Waals surface area contributed by atoms with Crippen LogP contribution in [0.4, 0.5) is 0 Å². The summed E-state index contributed by atoms with van der Waals surface area (Å²) in [5.74, 6) is -0.404. The van der Waals surface area contributed by atoms with Crippen LogP contribution in [0.1, 0.15) is 33.2 Å². The van der Waals surface area contributed by atoms with Crippen molar-refractivity contribution < 1.29 is 14.3 Å². The molecular weight excluding hydrogens is 248 g/mol. The van der Waals surface area contributed by atoms with Gasteiger partial charge in [-0.15, -0.1) is 0 Å². The van der Waals surface area contributed by atoms with Gasteiger partial charge in [0, 0.05) is 16.5 Å². The van der Waals surface area contributed by atoms with E-state index in [1.807, 2.05) is 10.8 Å². The molecule has 0 radical (unpaired) electrons. The molecule has 1 aromatic heterocycles. The van der Waals surface area contributed by atoms with E-state index < -0.39 is 0 Å². The largest absolute Gasteiger partial charge is 0.462 e. The number of ketones is 1. The van der Waals surface area contributed by atoms with Crippen LogP contribution in [0.5, 0.6) is 0 Å². The van der Waals surface area contributed by atoms with Crippen LogP contribution in [-0.4, -0.2) is 18.4 Å². The molecule has 3 nitrogen and oxygen atoms in total. The molecule has 0 fully saturated rings. The van der Waals surface area contributed by atoms with Gasteiger partial charge in [0.05, 0.1) is 12.2 Å². The summed E-state index contributed by atoms with van der Waals surface area (Å²) in [6.45, 7) is 2.10. The molecule has 0 aliphatic heterocycles. The van der Waals surface area contributed by atoms with Crippen molar-refractivity contribution in [1.29, 1.82) is 0 Å². The van der Waals surface area contributed by atoms with Crippen LogP contribution in [0.3, 0.4) is 0 Å². The van der Waals surface area contributed by atoms with Gasteiger partial charge >= 0.3 is 5.97 Å². The minimum absolute atomic E-state index is 0.0355. The Labute approximate surface area is 109 Å². The zero-order chi connectivity index (χ0) is 13.0.